The molecule has 2 aliphatic carbocycles. The summed E-state index contributed by atoms with van der Waals surface area (Å²) in [5.74, 6) is -5.83. The molecule has 2 aromatic carbocycles. The molecule has 6 aliphatic heterocycles. The Morgan fingerprint density at radius 3 is 1.01 bits per heavy atom. The molecule has 2 unspecified atom stereocenters. The summed E-state index contributed by atoms with van der Waals surface area (Å²) in [7, 11) is 0. The number of rotatable bonds is 8. The molecule has 0 amide bonds. The summed E-state index contributed by atoms with van der Waals surface area (Å²) >= 11 is 4.00. The van der Waals surface area contributed by atoms with Crippen molar-refractivity contribution in [1.82, 2.24) is 0 Å². The first-order valence-electron chi connectivity index (χ1n) is 23.6. The Kier molecular flexibility index (Phi) is 13.9. The average molecular weight is 1030 g/mol. The molecule has 2 atom stereocenters. The van der Waals surface area contributed by atoms with Crippen molar-refractivity contribution in [3.8, 4) is 11.5 Å². The van der Waals surface area contributed by atoms with Gasteiger partial charge in [0.05, 0.1) is 55.8 Å². The van der Waals surface area contributed by atoms with Gasteiger partial charge in [-0.05, 0) is 108 Å². The molecule has 10 rings (SSSR count). The summed E-state index contributed by atoms with van der Waals surface area (Å²) in [6.07, 6.45) is 6.73. The number of carbonyl (C=O) groups is 6. The molecule has 0 saturated carbocycles. The fourth-order valence-corrected chi connectivity index (χ4v) is 14.2. The maximum absolute atomic E-state index is 16.3. The molecule has 376 valence electrons. The summed E-state index contributed by atoms with van der Waals surface area (Å²) < 4.78 is 32.9. The third-order valence-electron chi connectivity index (χ3n) is 12.7. The number of allylic oxidation sites excluding steroid dienone is 6. The van der Waals surface area contributed by atoms with Gasteiger partial charge in [-0.3, -0.25) is 9.59 Å². The van der Waals surface area contributed by atoms with Gasteiger partial charge < -0.3 is 28.4 Å². The lowest BCUT2D eigenvalue weighted by Gasteiger charge is -2.50. The van der Waals surface area contributed by atoms with E-state index in [0.29, 0.717) is 30.7 Å². The predicted octanol–water partition coefficient (Wildman–Crippen LogP) is 11.2. The van der Waals surface area contributed by atoms with Crippen LogP contribution >= 0.6 is 47.0 Å². The fourth-order valence-electron chi connectivity index (χ4n) is 8.70. The van der Waals surface area contributed by atoms with E-state index in [0.717, 1.165) is 58.2 Å². The first-order chi connectivity index (χ1) is 32.4. The standard InChI is InChI=1S/C54H64O12S4/c1-17-61-43(57)53(44(58)62-18-2)51-27-31(49(11,12)13)25-37(41(51)55)68-34-22-30(48(8,9)10)24-36-40(34)66-54(45(59)63-19-3,46(60)64-20-4)52(70-36)28-32(50(14,15)16)26-38(42(52)56)67-33-21-29(47(5,6)7)23-35(69-51)39(33)65-53/h21-28H,17-20H2,1-16H3. The van der Waals surface area contributed by atoms with Crippen LogP contribution in [-0.4, -0.2) is 82.6 Å². The Morgan fingerprint density at radius 1 is 0.471 bits per heavy atom. The van der Waals surface area contributed by atoms with Gasteiger partial charge in [-0.2, -0.15) is 0 Å². The molecular formula is C54H64O12S4. The normalized spacial score (nSPS) is 22.3. The van der Waals surface area contributed by atoms with Crippen LogP contribution in [0, 0.1) is 10.8 Å². The van der Waals surface area contributed by atoms with Crippen LogP contribution in [0.2, 0.25) is 0 Å². The van der Waals surface area contributed by atoms with Crippen LogP contribution in [-0.2, 0) is 58.5 Å². The molecule has 0 fully saturated rings. The predicted molar refractivity (Wildman–Crippen MR) is 274 cm³/mol. The molecule has 0 saturated heterocycles. The minimum absolute atomic E-state index is 0.0237. The number of hydrogen-bond donors (Lipinski definition) is 0. The highest BCUT2D eigenvalue weighted by Gasteiger charge is 2.75. The molecule has 8 aliphatic rings. The Hall–Kier alpha value is -4.38. The van der Waals surface area contributed by atoms with Crippen molar-refractivity contribution in [2.24, 2.45) is 10.8 Å². The summed E-state index contributed by atoms with van der Waals surface area (Å²) in [5, 5.41) is 0. The van der Waals surface area contributed by atoms with Crippen LogP contribution in [0.1, 0.15) is 122 Å². The molecule has 6 heterocycles. The SMILES string of the molecule is CCOC(=O)C1(C(=O)OCC)Oc2c3cc(C(C)(C)C)cc2SC12C=C(C(C)(C)C)C=C(Sc1cc(C(C)(C)C)cc4c1OC(C(=O)OCC)(C(=O)OCC)C1(C=C(C(C)(C)C)C=C(S3)C1=O)S4)C2=O. The van der Waals surface area contributed by atoms with E-state index in [1.807, 2.05) is 107 Å². The third-order valence-corrected chi connectivity index (χ3v) is 17.7. The van der Waals surface area contributed by atoms with Crippen molar-refractivity contribution in [3.05, 3.63) is 80.7 Å². The van der Waals surface area contributed by atoms with Gasteiger partial charge in [-0.25, -0.2) is 19.2 Å². The summed E-state index contributed by atoms with van der Waals surface area (Å²) in [6.45, 7) is 29.5. The minimum atomic E-state index is -2.78. The number of ketones is 2. The van der Waals surface area contributed by atoms with Gasteiger partial charge in [0.15, 0.2) is 21.1 Å². The number of ether oxygens (including phenoxy) is 6. The van der Waals surface area contributed by atoms with E-state index in [1.54, 1.807) is 52.0 Å². The van der Waals surface area contributed by atoms with Crippen molar-refractivity contribution in [3.63, 3.8) is 0 Å². The van der Waals surface area contributed by atoms with Gasteiger partial charge in [0.1, 0.15) is 11.5 Å². The molecule has 12 nitrogen and oxygen atoms in total. The fraction of sp³-hybridized carbons (Fsp3) is 0.519. The second-order valence-electron chi connectivity index (χ2n) is 21.8. The maximum Gasteiger partial charge on any atom is 0.364 e. The van der Waals surface area contributed by atoms with Gasteiger partial charge in [0.2, 0.25) is 0 Å². The zero-order chi connectivity index (χ0) is 51.9. The van der Waals surface area contributed by atoms with Crippen LogP contribution < -0.4 is 9.47 Å². The van der Waals surface area contributed by atoms with E-state index in [4.69, 9.17) is 28.4 Å². The zero-order valence-corrected chi connectivity index (χ0v) is 46.2. The van der Waals surface area contributed by atoms with Crippen molar-refractivity contribution in [2.75, 3.05) is 26.4 Å². The quantitative estimate of drug-likeness (QED) is 0.140. The van der Waals surface area contributed by atoms with Crippen LogP contribution in [0.25, 0.3) is 0 Å². The van der Waals surface area contributed by atoms with E-state index in [2.05, 4.69) is 0 Å². The smallest absolute Gasteiger partial charge is 0.364 e. The van der Waals surface area contributed by atoms with E-state index in [-0.39, 0.29) is 47.7 Å². The number of Topliss-reactive ketones (excluding diaryl/α,β-unsaturated/α-hetero) is 2. The van der Waals surface area contributed by atoms with Crippen molar-refractivity contribution in [2.45, 2.75) is 162 Å². The molecule has 0 N–H and O–H groups in total. The Balaban J connectivity index is 1.75. The van der Waals surface area contributed by atoms with E-state index >= 15 is 28.8 Å². The molecule has 2 aromatic rings. The number of benzene rings is 2. The molecule has 2 spiro atoms. The third kappa shape index (κ3) is 8.47. The molecular weight excluding hydrogens is 969 g/mol. The molecule has 70 heavy (non-hydrogen) atoms. The lowest BCUT2D eigenvalue weighted by molar-refractivity contribution is -0.184. The Labute approximate surface area is 428 Å². The highest BCUT2D eigenvalue weighted by Crippen LogP contribution is 2.65. The highest BCUT2D eigenvalue weighted by molar-refractivity contribution is 8.06. The van der Waals surface area contributed by atoms with Gasteiger partial charge in [-0.15, -0.1) is 0 Å². The van der Waals surface area contributed by atoms with Gasteiger partial charge in [0, 0.05) is 0 Å². The lowest BCUT2D eigenvalue weighted by Crippen LogP contribution is -2.71. The molecule has 0 aromatic heterocycles. The monoisotopic (exact) mass is 1030 g/mol. The Bertz CT molecular complexity index is 2510. The van der Waals surface area contributed by atoms with Crippen LogP contribution in [0.15, 0.2) is 89.1 Å². The summed E-state index contributed by atoms with van der Waals surface area (Å²) in [4.78, 5) is 94.9. The van der Waals surface area contributed by atoms with Crippen LogP contribution in [0.4, 0.5) is 0 Å². The second kappa shape index (κ2) is 18.3. The number of thioether (sulfide) groups is 4. The van der Waals surface area contributed by atoms with Crippen LogP contribution in [0.3, 0.4) is 0 Å². The van der Waals surface area contributed by atoms with Crippen molar-refractivity contribution < 1.29 is 57.2 Å². The zero-order valence-electron chi connectivity index (χ0n) is 43.0. The first kappa shape index (κ1) is 53.4. The van der Waals surface area contributed by atoms with Gasteiger partial charge in [-0.1, -0.05) is 142 Å². The molecule has 0 radical (unpaired) electrons. The number of carbonyl (C=O) groups excluding carboxylic acids is 6. The lowest BCUT2D eigenvalue weighted by atomic mass is 9.73. The van der Waals surface area contributed by atoms with Gasteiger partial charge >= 0.3 is 35.1 Å². The van der Waals surface area contributed by atoms with Gasteiger partial charge in [0.25, 0.3) is 0 Å². The van der Waals surface area contributed by atoms with E-state index in [9.17, 15) is 0 Å². The summed E-state index contributed by atoms with van der Waals surface area (Å²) in [5.41, 5.74) is -5.33. The molecule has 16 heteroatoms. The topological polar surface area (TPSA) is 158 Å². The average Bonchev–Trinajstić information content (AvgIpc) is 3.24. The molecule has 10 bridgehead atoms. The largest absolute Gasteiger partial charge is 0.463 e. The first-order valence-corrected chi connectivity index (χ1v) is 26.9. The van der Waals surface area contributed by atoms with E-state index < -0.39 is 77.8 Å². The van der Waals surface area contributed by atoms with Crippen molar-refractivity contribution in [1.29, 1.82) is 0 Å². The highest BCUT2D eigenvalue weighted by atomic mass is 32.2. The van der Waals surface area contributed by atoms with E-state index in [1.165, 1.54) is 0 Å². The summed E-state index contributed by atoms with van der Waals surface area (Å²) in [6, 6.07) is 7.43. The van der Waals surface area contributed by atoms with Crippen LogP contribution in [0.5, 0.6) is 11.5 Å². The number of hydrogen-bond acceptors (Lipinski definition) is 16. The second-order valence-corrected chi connectivity index (χ2v) is 26.5. The van der Waals surface area contributed by atoms with Crippen molar-refractivity contribution >= 4 is 82.5 Å². The number of esters is 4. The maximum atomic E-state index is 16.3. The minimum Gasteiger partial charge on any atom is -0.463 e. The Morgan fingerprint density at radius 2 is 0.757 bits per heavy atom.